The SMILES string of the molecule is N#N.c1ccc(CN(Cc2ccccc2)c2ccccc2)cc1. The summed E-state index contributed by atoms with van der Waals surface area (Å²) in [6, 6.07) is 31.8. The fourth-order valence-electron chi connectivity index (χ4n) is 2.48. The van der Waals surface area contributed by atoms with Crippen molar-refractivity contribution in [2.75, 3.05) is 4.90 Å². The Morgan fingerprint density at radius 1 is 0.522 bits per heavy atom. The lowest BCUT2D eigenvalue weighted by molar-refractivity contribution is 0.800. The van der Waals surface area contributed by atoms with E-state index in [-0.39, 0.29) is 0 Å². The molecule has 3 rings (SSSR count). The van der Waals surface area contributed by atoms with Gasteiger partial charge in [0.15, 0.2) is 0 Å². The molecule has 3 nitrogen and oxygen atoms in total. The quantitative estimate of drug-likeness (QED) is 0.628. The van der Waals surface area contributed by atoms with Gasteiger partial charge in [-0.2, -0.15) is 0 Å². The van der Waals surface area contributed by atoms with Gasteiger partial charge in [-0.3, -0.25) is 0 Å². The van der Waals surface area contributed by atoms with E-state index in [2.05, 4.69) is 95.9 Å². The average Bonchev–Trinajstić information content (AvgIpc) is 2.65. The van der Waals surface area contributed by atoms with Gasteiger partial charge in [-0.05, 0) is 23.3 Å². The highest BCUT2D eigenvalue weighted by molar-refractivity contribution is 5.47. The molecule has 3 aromatic carbocycles. The van der Waals surface area contributed by atoms with Gasteiger partial charge in [0.2, 0.25) is 0 Å². The van der Waals surface area contributed by atoms with Crippen molar-refractivity contribution in [3.05, 3.63) is 102 Å². The molecule has 0 aliphatic rings. The maximum Gasteiger partial charge on any atom is 0.0433 e. The minimum absolute atomic E-state index is 0.916. The van der Waals surface area contributed by atoms with Gasteiger partial charge in [0, 0.05) is 29.6 Å². The normalized spacial score (nSPS) is 9.48. The minimum Gasteiger partial charge on any atom is -0.363 e. The molecule has 0 N–H and O–H groups in total. The lowest BCUT2D eigenvalue weighted by Crippen LogP contribution is -2.21. The highest BCUT2D eigenvalue weighted by Gasteiger charge is 2.07. The first-order valence-corrected chi connectivity index (χ1v) is 7.50. The van der Waals surface area contributed by atoms with Crippen LogP contribution in [-0.2, 0) is 13.1 Å². The Hall–Kier alpha value is -3.12. The van der Waals surface area contributed by atoms with Gasteiger partial charge in [-0.1, -0.05) is 78.9 Å². The van der Waals surface area contributed by atoms with Crippen molar-refractivity contribution in [3.8, 4) is 0 Å². The summed E-state index contributed by atoms with van der Waals surface area (Å²) in [6.45, 7) is 1.83. The molecule has 114 valence electrons. The zero-order valence-electron chi connectivity index (χ0n) is 12.9. The first-order valence-electron chi connectivity index (χ1n) is 7.50. The predicted octanol–water partition coefficient (Wildman–Crippen LogP) is 4.92. The van der Waals surface area contributed by atoms with Gasteiger partial charge in [0.1, 0.15) is 0 Å². The van der Waals surface area contributed by atoms with E-state index in [9.17, 15) is 0 Å². The zero-order valence-corrected chi connectivity index (χ0v) is 12.9. The van der Waals surface area contributed by atoms with Crippen LogP contribution in [0.1, 0.15) is 11.1 Å². The topological polar surface area (TPSA) is 50.8 Å². The molecule has 23 heavy (non-hydrogen) atoms. The van der Waals surface area contributed by atoms with Crippen molar-refractivity contribution in [3.63, 3.8) is 0 Å². The van der Waals surface area contributed by atoms with Crippen LogP contribution in [0.3, 0.4) is 0 Å². The molecule has 0 bridgehead atoms. The molecule has 0 saturated heterocycles. The Morgan fingerprint density at radius 2 is 0.870 bits per heavy atom. The molecule has 3 heteroatoms. The van der Waals surface area contributed by atoms with Gasteiger partial charge in [-0.25, -0.2) is 0 Å². The number of nitrogens with zero attached hydrogens (tertiary/aromatic N) is 3. The zero-order chi connectivity index (χ0) is 16.3. The third-order valence-electron chi connectivity index (χ3n) is 3.55. The maximum absolute atomic E-state index is 6.00. The highest BCUT2D eigenvalue weighted by atomic mass is 15.1. The van der Waals surface area contributed by atoms with E-state index in [1.807, 2.05) is 0 Å². The van der Waals surface area contributed by atoms with E-state index >= 15 is 0 Å². The summed E-state index contributed by atoms with van der Waals surface area (Å²) in [5.74, 6) is 0. The van der Waals surface area contributed by atoms with Crippen LogP contribution in [0.25, 0.3) is 0 Å². The minimum atomic E-state index is 0.916. The number of hydrogen-bond donors (Lipinski definition) is 0. The smallest absolute Gasteiger partial charge is 0.0433 e. The Labute approximate surface area is 137 Å². The Balaban J connectivity index is 0.000000924. The van der Waals surface area contributed by atoms with Crippen molar-refractivity contribution in [2.45, 2.75) is 13.1 Å². The maximum atomic E-state index is 6.00. The summed E-state index contributed by atoms with van der Waals surface area (Å²) in [5, 5.41) is 12.0. The second kappa shape index (κ2) is 9.01. The van der Waals surface area contributed by atoms with E-state index in [0.29, 0.717) is 0 Å². The van der Waals surface area contributed by atoms with Gasteiger partial charge < -0.3 is 4.90 Å². The number of rotatable bonds is 5. The number of benzene rings is 3. The van der Waals surface area contributed by atoms with Crippen molar-refractivity contribution in [1.82, 2.24) is 0 Å². The highest BCUT2D eigenvalue weighted by Crippen LogP contribution is 2.19. The molecular weight excluding hydrogens is 282 g/mol. The van der Waals surface area contributed by atoms with Crippen molar-refractivity contribution < 1.29 is 0 Å². The summed E-state index contributed by atoms with van der Waals surface area (Å²) in [4.78, 5) is 2.41. The Kier molecular flexibility index (Phi) is 6.37. The molecule has 0 fully saturated rings. The molecule has 0 aliphatic heterocycles. The van der Waals surface area contributed by atoms with Gasteiger partial charge >= 0.3 is 0 Å². The second-order valence-corrected chi connectivity index (χ2v) is 5.16. The first kappa shape index (κ1) is 16.3. The Morgan fingerprint density at radius 3 is 1.26 bits per heavy atom. The van der Waals surface area contributed by atoms with E-state index in [1.54, 1.807) is 0 Å². The molecule has 0 heterocycles. The van der Waals surface area contributed by atoms with Crippen LogP contribution in [0, 0.1) is 10.8 Å². The van der Waals surface area contributed by atoms with Crippen molar-refractivity contribution in [2.24, 2.45) is 0 Å². The van der Waals surface area contributed by atoms with Gasteiger partial charge in [0.25, 0.3) is 0 Å². The molecule has 0 amide bonds. The average molecular weight is 301 g/mol. The van der Waals surface area contributed by atoms with Gasteiger partial charge in [-0.15, -0.1) is 0 Å². The van der Waals surface area contributed by atoms with Crippen LogP contribution in [0.5, 0.6) is 0 Å². The Bertz CT molecular complexity index is 652. The fourth-order valence-corrected chi connectivity index (χ4v) is 2.48. The fraction of sp³-hybridized carbons (Fsp3) is 0.100. The molecule has 0 radical (unpaired) electrons. The van der Waals surface area contributed by atoms with Crippen LogP contribution in [0.4, 0.5) is 5.69 Å². The number of hydrogen-bond acceptors (Lipinski definition) is 3. The van der Waals surface area contributed by atoms with E-state index < -0.39 is 0 Å². The molecule has 0 aromatic heterocycles. The van der Waals surface area contributed by atoms with E-state index in [4.69, 9.17) is 10.8 Å². The molecule has 3 aromatic rings. The van der Waals surface area contributed by atoms with Crippen LogP contribution in [0.2, 0.25) is 0 Å². The summed E-state index contributed by atoms with van der Waals surface area (Å²) < 4.78 is 0. The van der Waals surface area contributed by atoms with Crippen molar-refractivity contribution in [1.29, 1.82) is 10.8 Å². The van der Waals surface area contributed by atoms with E-state index in [1.165, 1.54) is 16.8 Å². The first-order chi connectivity index (χ1) is 11.4. The van der Waals surface area contributed by atoms with Crippen LogP contribution < -0.4 is 4.90 Å². The summed E-state index contributed by atoms with van der Waals surface area (Å²) >= 11 is 0. The number of para-hydroxylation sites is 1. The third kappa shape index (κ3) is 4.98. The van der Waals surface area contributed by atoms with Gasteiger partial charge in [0.05, 0.1) is 0 Å². The lowest BCUT2D eigenvalue weighted by atomic mass is 10.1. The second-order valence-electron chi connectivity index (χ2n) is 5.16. The summed E-state index contributed by atoms with van der Waals surface area (Å²) in [5.41, 5.74) is 3.92. The van der Waals surface area contributed by atoms with Crippen molar-refractivity contribution >= 4 is 5.69 Å². The monoisotopic (exact) mass is 301 g/mol. The molecule has 0 spiro atoms. The van der Waals surface area contributed by atoms with Crippen LogP contribution >= 0.6 is 0 Å². The van der Waals surface area contributed by atoms with Crippen LogP contribution in [-0.4, -0.2) is 0 Å². The molecule has 0 unspecified atom stereocenters. The molecule has 0 atom stereocenters. The predicted molar refractivity (Wildman–Crippen MR) is 92.7 cm³/mol. The lowest BCUT2D eigenvalue weighted by Gasteiger charge is -2.25. The summed E-state index contributed by atoms with van der Waals surface area (Å²) in [7, 11) is 0. The standard InChI is InChI=1S/C20H19N.N2/c1-4-10-18(11-5-1)16-21(20-14-8-3-9-15-20)17-19-12-6-2-7-13-19;1-2/h1-15H,16-17H2;. The molecule has 0 saturated carbocycles. The molecule has 0 aliphatic carbocycles. The summed E-state index contributed by atoms with van der Waals surface area (Å²) in [6.07, 6.45) is 0. The number of anilines is 1. The van der Waals surface area contributed by atoms with Crippen LogP contribution in [0.15, 0.2) is 91.0 Å². The largest absolute Gasteiger partial charge is 0.363 e. The third-order valence-corrected chi connectivity index (χ3v) is 3.55. The van der Waals surface area contributed by atoms with E-state index in [0.717, 1.165) is 13.1 Å². The molecular formula is C20H19N3.